The van der Waals surface area contributed by atoms with Crippen molar-refractivity contribution in [1.29, 1.82) is 0 Å². The van der Waals surface area contributed by atoms with E-state index in [0.29, 0.717) is 5.56 Å². The Balaban J connectivity index is 2.05. The second-order valence-electron chi connectivity index (χ2n) is 4.21. The summed E-state index contributed by atoms with van der Waals surface area (Å²) in [6.07, 6.45) is 3.51. The van der Waals surface area contributed by atoms with Crippen molar-refractivity contribution in [2.75, 3.05) is 5.73 Å². The fourth-order valence-corrected chi connectivity index (χ4v) is 1.97. The SMILES string of the molecule is Nc1c(F)cccc1-c1cnn(-c2ccccc2)c1. The van der Waals surface area contributed by atoms with Crippen molar-refractivity contribution in [3.8, 4) is 16.8 Å². The average molecular weight is 253 g/mol. The van der Waals surface area contributed by atoms with Gasteiger partial charge in [-0.3, -0.25) is 0 Å². The van der Waals surface area contributed by atoms with Crippen LogP contribution in [0.1, 0.15) is 0 Å². The van der Waals surface area contributed by atoms with Gasteiger partial charge in [-0.25, -0.2) is 9.07 Å². The van der Waals surface area contributed by atoms with Crippen molar-refractivity contribution in [3.63, 3.8) is 0 Å². The highest BCUT2D eigenvalue weighted by Crippen LogP contribution is 2.27. The summed E-state index contributed by atoms with van der Waals surface area (Å²) in [7, 11) is 0. The van der Waals surface area contributed by atoms with Crippen molar-refractivity contribution in [1.82, 2.24) is 9.78 Å². The van der Waals surface area contributed by atoms with E-state index in [1.165, 1.54) is 6.07 Å². The number of halogens is 1. The van der Waals surface area contributed by atoms with Gasteiger partial charge in [0.2, 0.25) is 0 Å². The van der Waals surface area contributed by atoms with Crippen LogP contribution in [0, 0.1) is 5.82 Å². The molecule has 3 nitrogen and oxygen atoms in total. The number of anilines is 1. The number of aromatic nitrogens is 2. The molecule has 1 heterocycles. The molecule has 3 rings (SSSR count). The van der Waals surface area contributed by atoms with Gasteiger partial charge in [0.15, 0.2) is 0 Å². The maximum Gasteiger partial charge on any atom is 0.146 e. The van der Waals surface area contributed by atoms with Gasteiger partial charge in [-0.05, 0) is 18.2 Å². The fourth-order valence-electron chi connectivity index (χ4n) is 1.97. The second-order valence-corrected chi connectivity index (χ2v) is 4.21. The zero-order valence-corrected chi connectivity index (χ0v) is 10.1. The molecule has 19 heavy (non-hydrogen) atoms. The first-order valence-electron chi connectivity index (χ1n) is 5.90. The van der Waals surface area contributed by atoms with E-state index in [0.717, 1.165) is 11.3 Å². The maximum atomic E-state index is 13.4. The molecule has 0 spiro atoms. The lowest BCUT2D eigenvalue weighted by atomic mass is 10.1. The van der Waals surface area contributed by atoms with E-state index in [2.05, 4.69) is 5.10 Å². The Hall–Kier alpha value is -2.62. The zero-order valence-electron chi connectivity index (χ0n) is 10.1. The van der Waals surface area contributed by atoms with Gasteiger partial charge in [0.05, 0.1) is 17.6 Å². The molecule has 0 unspecified atom stereocenters. The molecule has 0 saturated carbocycles. The molecule has 0 aliphatic rings. The van der Waals surface area contributed by atoms with Crippen LogP contribution in [0.4, 0.5) is 10.1 Å². The summed E-state index contributed by atoms with van der Waals surface area (Å²) in [4.78, 5) is 0. The fraction of sp³-hybridized carbons (Fsp3) is 0. The highest BCUT2D eigenvalue weighted by atomic mass is 19.1. The molecular weight excluding hydrogens is 241 g/mol. The van der Waals surface area contributed by atoms with Gasteiger partial charge in [0, 0.05) is 17.3 Å². The topological polar surface area (TPSA) is 43.8 Å². The van der Waals surface area contributed by atoms with Crippen LogP contribution in [0.3, 0.4) is 0 Å². The van der Waals surface area contributed by atoms with Gasteiger partial charge >= 0.3 is 0 Å². The molecule has 2 aromatic carbocycles. The number of hydrogen-bond acceptors (Lipinski definition) is 2. The van der Waals surface area contributed by atoms with E-state index in [1.807, 2.05) is 36.5 Å². The first kappa shape index (κ1) is 11.5. The van der Waals surface area contributed by atoms with Crippen LogP contribution in [-0.4, -0.2) is 9.78 Å². The number of nitrogen functional groups attached to an aromatic ring is 1. The third-order valence-electron chi connectivity index (χ3n) is 2.97. The molecule has 0 radical (unpaired) electrons. The normalized spacial score (nSPS) is 10.6. The summed E-state index contributed by atoms with van der Waals surface area (Å²) in [6, 6.07) is 14.5. The van der Waals surface area contributed by atoms with Crippen molar-refractivity contribution >= 4 is 5.69 Å². The molecule has 0 amide bonds. The van der Waals surface area contributed by atoms with Crippen LogP contribution in [0.2, 0.25) is 0 Å². The predicted molar refractivity (Wildman–Crippen MR) is 73.4 cm³/mol. The molecule has 0 atom stereocenters. The molecule has 3 aromatic rings. The van der Waals surface area contributed by atoms with E-state index in [1.54, 1.807) is 23.0 Å². The summed E-state index contributed by atoms with van der Waals surface area (Å²) in [5.74, 6) is -0.412. The molecule has 94 valence electrons. The maximum absolute atomic E-state index is 13.4. The molecule has 0 bridgehead atoms. The first-order chi connectivity index (χ1) is 9.25. The quantitative estimate of drug-likeness (QED) is 0.712. The minimum Gasteiger partial charge on any atom is -0.396 e. The summed E-state index contributed by atoms with van der Waals surface area (Å²) in [5.41, 5.74) is 8.29. The number of hydrogen-bond donors (Lipinski definition) is 1. The van der Waals surface area contributed by atoms with Gasteiger partial charge in [-0.2, -0.15) is 5.10 Å². The monoisotopic (exact) mass is 253 g/mol. The number of nitrogens with two attached hydrogens (primary N) is 1. The van der Waals surface area contributed by atoms with Crippen molar-refractivity contribution in [2.45, 2.75) is 0 Å². The van der Waals surface area contributed by atoms with E-state index >= 15 is 0 Å². The van der Waals surface area contributed by atoms with Crippen LogP contribution >= 0.6 is 0 Å². The molecule has 2 N–H and O–H groups in total. The van der Waals surface area contributed by atoms with Crippen molar-refractivity contribution in [3.05, 3.63) is 66.7 Å². The molecule has 0 saturated heterocycles. The molecule has 0 aliphatic heterocycles. The molecule has 0 aliphatic carbocycles. The largest absolute Gasteiger partial charge is 0.396 e. The van der Waals surface area contributed by atoms with Crippen LogP contribution in [0.15, 0.2) is 60.9 Å². The van der Waals surface area contributed by atoms with Crippen LogP contribution in [0.5, 0.6) is 0 Å². The molecule has 4 heteroatoms. The van der Waals surface area contributed by atoms with Gasteiger partial charge in [0.1, 0.15) is 5.82 Å². The minimum absolute atomic E-state index is 0.148. The number of para-hydroxylation sites is 2. The van der Waals surface area contributed by atoms with E-state index in [4.69, 9.17) is 5.73 Å². The third kappa shape index (κ3) is 2.08. The Morgan fingerprint density at radius 3 is 2.58 bits per heavy atom. The summed E-state index contributed by atoms with van der Waals surface area (Å²) in [5, 5.41) is 4.27. The Morgan fingerprint density at radius 1 is 1.00 bits per heavy atom. The van der Waals surface area contributed by atoms with Gasteiger partial charge < -0.3 is 5.73 Å². The van der Waals surface area contributed by atoms with E-state index in [9.17, 15) is 4.39 Å². The Morgan fingerprint density at radius 2 is 1.79 bits per heavy atom. The summed E-state index contributed by atoms with van der Waals surface area (Å²) in [6.45, 7) is 0. The van der Waals surface area contributed by atoms with E-state index < -0.39 is 5.82 Å². The Labute approximate surface area is 110 Å². The molecular formula is C15H12FN3. The van der Waals surface area contributed by atoms with Crippen LogP contribution in [-0.2, 0) is 0 Å². The molecule has 1 aromatic heterocycles. The first-order valence-corrected chi connectivity index (χ1v) is 5.90. The number of rotatable bonds is 2. The standard InChI is InChI=1S/C15H12FN3/c16-14-8-4-7-13(15(14)17)11-9-18-19(10-11)12-5-2-1-3-6-12/h1-10H,17H2. The highest BCUT2D eigenvalue weighted by molar-refractivity contribution is 5.75. The number of nitrogens with zero attached hydrogens (tertiary/aromatic N) is 2. The highest BCUT2D eigenvalue weighted by Gasteiger charge is 2.09. The Bertz CT molecular complexity index is 704. The number of benzene rings is 2. The minimum atomic E-state index is -0.412. The lowest BCUT2D eigenvalue weighted by Crippen LogP contribution is -1.94. The van der Waals surface area contributed by atoms with Gasteiger partial charge in [-0.15, -0.1) is 0 Å². The predicted octanol–water partition coefficient (Wildman–Crippen LogP) is 3.26. The Kier molecular flexibility index (Phi) is 2.76. The van der Waals surface area contributed by atoms with E-state index in [-0.39, 0.29) is 5.69 Å². The lowest BCUT2D eigenvalue weighted by Gasteiger charge is -2.03. The molecule has 0 fully saturated rings. The summed E-state index contributed by atoms with van der Waals surface area (Å²) < 4.78 is 15.2. The second kappa shape index (κ2) is 4.57. The van der Waals surface area contributed by atoms with Crippen LogP contribution < -0.4 is 5.73 Å². The lowest BCUT2D eigenvalue weighted by molar-refractivity contribution is 0.633. The summed E-state index contributed by atoms with van der Waals surface area (Å²) >= 11 is 0. The van der Waals surface area contributed by atoms with Gasteiger partial charge in [0.25, 0.3) is 0 Å². The smallest absolute Gasteiger partial charge is 0.146 e. The average Bonchev–Trinajstić information content (AvgIpc) is 2.92. The zero-order chi connectivity index (χ0) is 13.2. The van der Waals surface area contributed by atoms with Gasteiger partial charge in [-0.1, -0.05) is 30.3 Å². The van der Waals surface area contributed by atoms with Crippen molar-refractivity contribution in [2.24, 2.45) is 0 Å². The third-order valence-corrected chi connectivity index (χ3v) is 2.97. The van der Waals surface area contributed by atoms with Crippen LogP contribution in [0.25, 0.3) is 16.8 Å². The van der Waals surface area contributed by atoms with Crippen molar-refractivity contribution < 1.29 is 4.39 Å².